The summed E-state index contributed by atoms with van der Waals surface area (Å²) < 4.78 is 47.1. The van der Waals surface area contributed by atoms with Gasteiger partial charge in [0.1, 0.15) is 0 Å². The number of hydrogen-bond donors (Lipinski definition) is 2. The molecule has 2 N–H and O–H groups in total. The summed E-state index contributed by atoms with van der Waals surface area (Å²) in [6.45, 7) is 4.56. The van der Waals surface area contributed by atoms with Gasteiger partial charge in [0, 0.05) is 12.1 Å². The molecule has 1 aromatic rings. The third-order valence-electron chi connectivity index (χ3n) is 4.34. The molecule has 1 fully saturated rings. The second-order valence-electron chi connectivity index (χ2n) is 6.51. The molecular weight excluding hydrogens is 338 g/mol. The molecule has 1 heterocycles. The van der Waals surface area contributed by atoms with E-state index in [0.717, 1.165) is 25.9 Å². The van der Waals surface area contributed by atoms with Gasteiger partial charge in [-0.25, -0.2) is 8.42 Å². The van der Waals surface area contributed by atoms with E-state index in [-0.39, 0.29) is 16.9 Å². The van der Waals surface area contributed by atoms with E-state index in [9.17, 15) is 22.0 Å². The van der Waals surface area contributed by atoms with Crippen molar-refractivity contribution in [2.24, 2.45) is 5.41 Å². The van der Waals surface area contributed by atoms with E-state index in [2.05, 4.69) is 17.6 Å². The van der Waals surface area contributed by atoms with Crippen LogP contribution in [0, 0.1) is 5.41 Å². The highest BCUT2D eigenvalue weighted by atomic mass is 32.2. The molecule has 8 heteroatoms. The maximum Gasteiger partial charge on any atom is 0.337 e. The van der Waals surface area contributed by atoms with Crippen LogP contribution in [0.25, 0.3) is 0 Å². The molecule has 0 bridgehead atoms. The Labute approximate surface area is 140 Å². The van der Waals surface area contributed by atoms with Crippen molar-refractivity contribution in [1.82, 2.24) is 10.6 Å². The largest absolute Gasteiger partial charge is 0.351 e. The number of sulfone groups is 1. The Balaban J connectivity index is 1.94. The van der Waals surface area contributed by atoms with E-state index in [1.54, 1.807) is 0 Å². The molecule has 0 saturated carbocycles. The zero-order chi connectivity index (χ0) is 17.8. The van der Waals surface area contributed by atoms with Crippen LogP contribution >= 0.6 is 0 Å². The minimum Gasteiger partial charge on any atom is -0.351 e. The average Bonchev–Trinajstić information content (AvgIpc) is 2.53. The zero-order valence-corrected chi connectivity index (χ0v) is 14.3. The molecule has 24 heavy (non-hydrogen) atoms. The summed E-state index contributed by atoms with van der Waals surface area (Å²) in [7, 11) is -4.46. The molecule has 0 aromatic heterocycles. The van der Waals surface area contributed by atoms with Gasteiger partial charge in [0.15, 0.2) is 0 Å². The van der Waals surface area contributed by atoms with Crippen molar-refractivity contribution in [2.45, 2.75) is 31.3 Å². The van der Waals surface area contributed by atoms with Gasteiger partial charge in [0.25, 0.3) is 5.91 Å². The summed E-state index contributed by atoms with van der Waals surface area (Å²) in [6, 6.07) is 5.69. The summed E-state index contributed by atoms with van der Waals surface area (Å²) >= 11 is 0. The second-order valence-corrected chi connectivity index (χ2v) is 8.48. The van der Waals surface area contributed by atoms with E-state index < -0.39 is 21.3 Å². The Morgan fingerprint density at radius 3 is 2.38 bits per heavy atom. The summed E-state index contributed by atoms with van der Waals surface area (Å²) in [5.41, 5.74) is 0.675. The number of benzene rings is 1. The summed E-state index contributed by atoms with van der Waals surface area (Å²) in [5, 5.41) is 6.17. The molecule has 0 aliphatic carbocycles. The van der Waals surface area contributed by atoms with Crippen LogP contribution < -0.4 is 10.6 Å². The molecule has 134 valence electrons. The van der Waals surface area contributed by atoms with Crippen LogP contribution in [0.1, 0.15) is 35.7 Å². The van der Waals surface area contributed by atoms with E-state index in [1.807, 2.05) is 0 Å². The predicted molar refractivity (Wildman–Crippen MR) is 87.6 cm³/mol. The smallest absolute Gasteiger partial charge is 0.337 e. The Hall–Kier alpha value is -1.54. The van der Waals surface area contributed by atoms with E-state index in [4.69, 9.17) is 0 Å². The van der Waals surface area contributed by atoms with Crippen molar-refractivity contribution >= 4 is 15.7 Å². The van der Waals surface area contributed by atoms with Crippen LogP contribution in [0.4, 0.5) is 8.78 Å². The fourth-order valence-corrected chi connectivity index (χ4v) is 3.43. The quantitative estimate of drug-likeness (QED) is 0.813. The molecule has 2 rings (SSSR count). The number of amides is 1. The topological polar surface area (TPSA) is 75.3 Å². The van der Waals surface area contributed by atoms with Crippen LogP contribution in [0.3, 0.4) is 0 Å². The maximum atomic E-state index is 12.4. The Morgan fingerprint density at radius 2 is 1.83 bits per heavy atom. The maximum absolute atomic E-state index is 12.4. The lowest BCUT2D eigenvalue weighted by Gasteiger charge is -2.34. The lowest BCUT2D eigenvalue weighted by Crippen LogP contribution is -2.42. The van der Waals surface area contributed by atoms with Gasteiger partial charge >= 0.3 is 5.76 Å². The van der Waals surface area contributed by atoms with Crippen molar-refractivity contribution in [2.75, 3.05) is 19.6 Å². The average molecular weight is 360 g/mol. The lowest BCUT2D eigenvalue weighted by atomic mass is 9.81. The van der Waals surface area contributed by atoms with Gasteiger partial charge in [0.2, 0.25) is 9.84 Å². The van der Waals surface area contributed by atoms with Crippen molar-refractivity contribution in [3.8, 4) is 0 Å². The van der Waals surface area contributed by atoms with E-state index in [1.165, 1.54) is 24.3 Å². The van der Waals surface area contributed by atoms with Gasteiger partial charge in [0.05, 0.1) is 5.75 Å². The van der Waals surface area contributed by atoms with Gasteiger partial charge in [-0.1, -0.05) is 19.1 Å². The number of alkyl halides is 2. The SMILES string of the molecule is CC1(CNC(=O)c2ccc(CS(=O)(=O)C(F)F)cc2)CCNCC1. The number of carbonyl (C=O) groups excluding carboxylic acids is 1. The van der Waals surface area contributed by atoms with Crippen molar-refractivity contribution < 1.29 is 22.0 Å². The first-order valence-electron chi connectivity index (χ1n) is 7.79. The highest BCUT2D eigenvalue weighted by Gasteiger charge is 2.27. The van der Waals surface area contributed by atoms with Gasteiger partial charge in [-0.3, -0.25) is 4.79 Å². The minimum atomic E-state index is -4.46. The third kappa shape index (κ3) is 4.98. The summed E-state index contributed by atoms with van der Waals surface area (Å²) in [4.78, 5) is 12.2. The Bertz CT molecular complexity index is 669. The fourth-order valence-electron chi connectivity index (χ4n) is 2.65. The highest BCUT2D eigenvalue weighted by molar-refractivity contribution is 7.90. The van der Waals surface area contributed by atoms with Crippen LogP contribution in [0.15, 0.2) is 24.3 Å². The van der Waals surface area contributed by atoms with Gasteiger partial charge in [-0.2, -0.15) is 8.78 Å². The Kier molecular flexibility index (Phi) is 5.92. The molecule has 0 spiro atoms. The molecule has 1 aliphatic heterocycles. The number of carbonyl (C=O) groups is 1. The first-order valence-corrected chi connectivity index (χ1v) is 9.51. The molecule has 1 aromatic carbocycles. The third-order valence-corrected chi connectivity index (χ3v) is 5.62. The number of halogens is 2. The number of hydrogen-bond acceptors (Lipinski definition) is 4. The predicted octanol–water partition coefficient (Wildman–Crippen LogP) is 1.94. The standard InChI is InChI=1S/C16H22F2N2O3S/c1-16(6-8-19-9-7-16)11-20-14(21)13-4-2-12(3-5-13)10-24(22,23)15(17)18/h2-5,15,19H,6-11H2,1H3,(H,20,21). The van der Waals surface area contributed by atoms with Crippen LogP contribution in [0.5, 0.6) is 0 Å². The molecule has 1 amide bonds. The summed E-state index contributed by atoms with van der Waals surface area (Å²) in [5.74, 6) is -4.39. The first kappa shape index (κ1) is 18.8. The molecule has 0 unspecified atom stereocenters. The zero-order valence-electron chi connectivity index (χ0n) is 13.5. The number of piperidine rings is 1. The van der Waals surface area contributed by atoms with Gasteiger partial charge in [-0.05, 0) is 49.0 Å². The van der Waals surface area contributed by atoms with Gasteiger partial charge < -0.3 is 10.6 Å². The number of nitrogens with one attached hydrogen (secondary N) is 2. The second kappa shape index (κ2) is 7.57. The molecule has 1 saturated heterocycles. The number of rotatable bonds is 6. The molecule has 0 atom stereocenters. The van der Waals surface area contributed by atoms with Crippen LogP contribution in [0.2, 0.25) is 0 Å². The minimum absolute atomic E-state index is 0.0617. The molecule has 1 aliphatic rings. The fraction of sp³-hybridized carbons (Fsp3) is 0.562. The highest BCUT2D eigenvalue weighted by Crippen LogP contribution is 2.26. The normalized spacial score (nSPS) is 17.7. The van der Waals surface area contributed by atoms with Crippen molar-refractivity contribution in [3.05, 3.63) is 35.4 Å². The monoisotopic (exact) mass is 360 g/mol. The van der Waals surface area contributed by atoms with Crippen molar-refractivity contribution in [1.29, 1.82) is 0 Å². The van der Waals surface area contributed by atoms with Crippen LogP contribution in [-0.4, -0.2) is 39.7 Å². The molecular formula is C16H22F2N2O3S. The van der Waals surface area contributed by atoms with E-state index >= 15 is 0 Å². The molecule has 0 radical (unpaired) electrons. The van der Waals surface area contributed by atoms with Crippen LogP contribution in [-0.2, 0) is 15.6 Å². The lowest BCUT2D eigenvalue weighted by molar-refractivity contribution is 0.0922. The van der Waals surface area contributed by atoms with E-state index in [0.29, 0.717) is 12.1 Å². The Morgan fingerprint density at radius 1 is 1.25 bits per heavy atom. The summed E-state index contributed by atoms with van der Waals surface area (Å²) in [6.07, 6.45) is 1.97. The first-order chi connectivity index (χ1) is 11.2. The van der Waals surface area contributed by atoms with Crippen molar-refractivity contribution in [3.63, 3.8) is 0 Å². The van der Waals surface area contributed by atoms with Gasteiger partial charge in [-0.15, -0.1) is 0 Å². The molecule has 5 nitrogen and oxygen atoms in total.